The minimum atomic E-state index is 0.623. The van der Waals surface area contributed by atoms with Crippen molar-refractivity contribution in [3.05, 3.63) is 58.6 Å². The molecule has 0 radical (unpaired) electrons. The van der Waals surface area contributed by atoms with Crippen LogP contribution in [0.15, 0.2) is 42.5 Å². The molecular formula is C16H19ClN2. The number of nitrogens with zero attached hydrogens (tertiary/aromatic N) is 1. The molecule has 0 atom stereocenters. The number of rotatable bonds is 4. The highest BCUT2D eigenvalue weighted by Crippen LogP contribution is 2.23. The predicted octanol–water partition coefficient (Wildman–Crippen LogP) is 4.26. The molecule has 0 aliphatic carbocycles. The highest BCUT2D eigenvalue weighted by molar-refractivity contribution is 6.33. The van der Waals surface area contributed by atoms with E-state index in [0.29, 0.717) is 10.7 Å². The predicted molar refractivity (Wildman–Crippen MR) is 83.8 cm³/mol. The number of nitrogen functional groups attached to an aromatic ring is 1. The molecule has 0 aliphatic rings. The van der Waals surface area contributed by atoms with Crippen molar-refractivity contribution in [2.24, 2.45) is 0 Å². The van der Waals surface area contributed by atoms with Gasteiger partial charge in [0.25, 0.3) is 0 Å². The summed E-state index contributed by atoms with van der Waals surface area (Å²) in [6.07, 6.45) is 0. The summed E-state index contributed by atoms with van der Waals surface area (Å²) in [7, 11) is 0. The van der Waals surface area contributed by atoms with Gasteiger partial charge in [0.05, 0.1) is 10.7 Å². The highest BCUT2D eigenvalue weighted by Gasteiger charge is 2.06. The molecule has 0 heterocycles. The average Bonchev–Trinajstić information content (AvgIpc) is 2.40. The zero-order valence-electron chi connectivity index (χ0n) is 11.4. The van der Waals surface area contributed by atoms with Crippen molar-refractivity contribution in [2.75, 3.05) is 17.2 Å². The number of anilines is 2. The number of benzene rings is 2. The lowest BCUT2D eigenvalue weighted by molar-refractivity contribution is 0.831. The van der Waals surface area contributed by atoms with Gasteiger partial charge in [-0.25, -0.2) is 0 Å². The zero-order valence-corrected chi connectivity index (χ0v) is 12.1. The molecule has 0 bridgehead atoms. The first kappa shape index (κ1) is 13.8. The van der Waals surface area contributed by atoms with Crippen LogP contribution in [-0.4, -0.2) is 6.54 Å². The van der Waals surface area contributed by atoms with E-state index in [1.165, 1.54) is 16.8 Å². The van der Waals surface area contributed by atoms with Crippen LogP contribution in [0.2, 0.25) is 5.02 Å². The summed E-state index contributed by atoms with van der Waals surface area (Å²) in [4.78, 5) is 2.31. The van der Waals surface area contributed by atoms with Gasteiger partial charge in [0.2, 0.25) is 0 Å². The van der Waals surface area contributed by atoms with Crippen molar-refractivity contribution >= 4 is 23.0 Å². The van der Waals surface area contributed by atoms with E-state index in [4.69, 9.17) is 17.3 Å². The van der Waals surface area contributed by atoms with Crippen molar-refractivity contribution in [3.63, 3.8) is 0 Å². The monoisotopic (exact) mass is 274 g/mol. The van der Waals surface area contributed by atoms with Gasteiger partial charge in [-0.05, 0) is 49.2 Å². The molecule has 3 heteroatoms. The number of hydrogen-bond donors (Lipinski definition) is 1. The third-order valence-corrected chi connectivity index (χ3v) is 3.51. The van der Waals surface area contributed by atoms with E-state index in [-0.39, 0.29) is 0 Å². The van der Waals surface area contributed by atoms with E-state index in [9.17, 15) is 0 Å². The van der Waals surface area contributed by atoms with Crippen LogP contribution in [0.3, 0.4) is 0 Å². The maximum atomic E-state index is 6.07. The molecular weight excluding hydrogens is 256 g/mol. The Hall–Kier alpha value is -1.67. The molecule has 0 fully saturated rings. The molecule has 0 unspecified atom stereocenters. The first-order valence-electron chi connectivity index (χ1n) is 6.45. The molecule has 2 nitrogen and oxygen atoms in total. The first-order valence-corrected chi connectivity index (χ1v) is 6.83. The molecule has 19 heavy (non-hydrogen) atoms. The van der Waals surface area contributed by atoms with Crippen LogP contribution in [-0.2, 0) is 6.54 Å². The fraction of sp³-hybridized carbons (Fsp3) is 0.250. The topological polar surface area (TPSA) is 29.3 Å². The van der Waals surface area contributed by atoms with Crippen molar-refractivity contribution < 1.29 is 0 Å². The van der Waals surface area contributed by atoms with Gasteiger partial charge in [-0.1, -0.05) is 29.8 Å². The van der Waals surface area contributed by atoms with Gasteiger partial charge in [-0.2, -0.15) is 0 Å². The second-order valence-corrected chi connectivity index (χ2v) is 5.12. The Morgan fingerprint density at radius 3 is 2.58 bits per heavy atom. The molecule has 0 saturated carbocycles. The molecule has 2 rings (SSSR count). The Morgan fingerprint density at radius 1 is 1.16 bits per heavy atom. The van der Waals surface area contributed by atoms with E-state index in [0.717, 1.165) is 13.1 Å². The van der Waals surface area contributed by atoms with Crippen LogP contribution >= 0.6 is 11.6 Å². The Bertz CT molecular complexity index is 566. The van der Waals surface area contributed by atoms with Crippen LogP contribution in [0.1, 0.15) is 18.1 Å². The van der Waals surface area contributed by atoms with Gasteiger partial charge >= 0.3 is 0 Å². The van der Waals surface area contributed by atoms with E-state index >= 15 is 0 Å². The van der Waals surface area contributed by atoms with Gasteiger partial charge in [0, 0.05) is 18.8 Å². The van der Waals surface area contributed by atoms with Gasteiger partial charge in [-0.15, -0.1) is 0 Å². The number of hydrogen-bond acceptors (Lipinski definition) is 2. The van der Waals surface area contributed by atoms with Crippen LogP contribution in [0.4, 0.5) is 11.4 Å². The Morgan fingerprint density at radius 2 is 1.95 bits per heavy atom. The summed E-state index contributed by atoms with van der Waals surface area (Å²) >= 11 is 6.07. The molecule has 2 aromatic carbocycles. The maximum absolute atomic E-state index is 6.07. The second kappa shape index (κ2) is 5.98. The number of nitrogens with two attached hydrogens (primary N) is 1. The summed E-state index contributed by atoms with van der Waals surface area (Å²) in [5, 5.41) is 0.623. The van der Waals surface area contributed by atoms with Gasteiger partial charge in [-0.3, -0.25) is 0 Å². The Labute approximate surface area is 119 Å². The molecule has 2 N–H and O–H groups in total. The minimum Gasteiger partial charge on any atom is -0.398 e. The molecule has 0 aromatic heterocycles. The normalized spacial score (nSPS) is 10.5. The number of halogens is 1. The lowest BCUT2D eigenvalue weighted by Gasteiger charge is -2.24. The molecule has 100 valence electrons. The summed E-state index contributed by atoms with van der Waals surface area (Å²) in [6.45, 7) is 6.05. The summed E-state index contributed by atoms with van der Waals surface area (Å²) in [6, 6.07) is 14.4. The molecule has 0 amide bonds. The molecule has 0 saturated heterocycles. The van der Waals surface area contributed by atoms with Crippen LogP contribution in [0.25, 0.3) is 0 Å². The standard InChI is InChI=1S/C16H19ClN2/c1-3-19(14-6-4-5-12(2)9-14)11-13-7-8-16(18)15(17)10-13/h4-10H,3,11,18H2,1-2H3. The Balaban J connectivity index is 2.21. The summed E-state index contributed by atoms with van der Waals surface area (Å²) in [5.41, 5.74) is 10.0. The smallest absolute Gasteiger partial charge is 0.0638 e. The van der Waals surface area contributed by atoms with Crippen LogP contribution < -0.4 is 10.6 Å². The number of aryl methyl sites for hydroxylation is 1. The third-order valence-electron chi connectivity index (χ3n) is 3.19. The maximum Gasteiger partial charge on any atom is 0.0638 e. The van der Waals surface area contributed by atoms with Crippen molar-refractivity contribution in [2.45, 2.75) is 20.4 Å². The molecule has 0 spiro atoms. The zero-order chi connectivity index (χ0) is 13.8. The summed E-state index contributed by atoms with van der Waals surface area (Å²) < 4.78 is 0. The lowest BCUT2D eigenvalue weighted by Crippen LogP contribution is -2.22. The molecule has 2 aromatic rings. The van der Waals surface area contributed by atoms with Crippen molar-refractivity contribution in [1.82, 2.24) is 0 Å². The highest BCUT2D eigenvalue weighted by atomic mass is 35.5. The van der Waals surface area contributed by atoms with E-state index < -0.39 is 0 Å². The van der Waals surface area contributed by atoms with Gasteiger partial charge in [0.1, 0.15) is 0 Å². The second-order valence-electron chi connectivity index (χ2n) is 4.71. The molecule has 0 aliphatic heterocycles. The minimum absolute atomic E-state index is 0.623. The van der Waals surface area contributed by atoms with Gasteiger partial charge < -0.3 is 10.6 Å². The van der Waals surface area contributed by atoms with Crippen molar-refractivity contribution in [3.8, 4) is 0 Å². The quantitative estimate of drug-likeness (QED) is 0.844. The lowest BCUT2D eigenvalue weighted by atomic mass is 10.1. The fourth-order valence-electron chi connectivity index (χ4n) is 2.10. The van der Waals surface area contributed by atoms with E-state index in [1.54, 1.807) is 0 Å². The van der Waals surface area contributed by atoms with Crippen molar-refractivity contribution in [1.29, 1.82) is 0 Å². The largest absolute Gasteiger partial charge is 0.398 e. The SMILES string of the molecule is CCN(Cc1ccc(N)c(Cl)c1)c1cccc(C)c1. The summed E-state index contributed by atoms with van der Waals surface area (Å²) in [5.74, 6) is 0. The Kier molecular flexibility index (Phi) is 4.33. The van der Waals surface area contributed by atoms with E-state index in [1.807, 2.05) is 18.2 Å². The van der Waals surface area contributed by atoms with Gasteiger partial charge in [0.15, 0.2) is 0 Å². The van der Waals surface area contributed by atoms with Crippen LogP contribution in [0, 0.1) is 6.92 Å². The third kappa shape index (κ3) is 3.42. The first-order chi connectivity index (χ1) is 9.10. The van der Waals surface area contributed by atoms with Crippen LogP contribution in [0.5, 0.6) is 0 Å². The average molecular weight is 275 g/mol. The fourth-order valence-corrected chi connectivity index (χ4v) is 2.30. The van der Waals surface area contributed by atoms with E-state index in [2.05, 4.69) is 43.0 Å².